The van der Waals surface area contributed by atoms with Gasteiger partial charge in [0.25, 0.3) is 5.91 Å². The van der Waals surface area contributed by atoms with Gasteiger partial charge < -0.3 is 5.41 Å². The van der Waals surface area contributed by atoms with Gasteiger partial charge in [0.15, 0.2) is 0 Å². The zero-order valence-electron chi connectivity index (χ0n) is 16.1. The molecule has 2 heterocycles. The molecule has 7 heteroatoms. The van der Waals surface area contributed by atoms with Crippen molar-refractivity contribution in [1.82, 2.24) is 15.1 Å². The van der Waals surface area contributed by atoms with Crippen LogP contribution in [0.3, 0.4) is 0 Å². The summed E-state index contributed by atoms with van der Waals surface area (Å²) in [7, 11) is 0. The number of fused-ring (bicyclic) bond motifs is 1. The molecule has 150 valence electrons. The highest BCUT2D eigenvalue weighted by molar-refractivity contribution is 6.31. The molecule has 29 heavy (non-hydrogen) atoms. The highest BCUT2D eigenvalue weighted by atomic mass is 35.5. The summed E-state index contributed by atoms with van der Waals surface area (Å²) in [6.07, 6.45) is 8.72. The van der Waals surface area contributed by atoms with Crippen molar-refractivity contribution in [3.05, 3.63) is 76.6 Å². The van der Waals surface area contributed by atoms with Crippen molar-refractivity contribution in [1.29, 1.82) is 5.41 Å². The molecule has 0 spiro atoms. The van der Waals surface area contributed by atoms with Crippen LogP contribution in [0.15, 0.2) is 54.9 Å². The van der Waals surface area contributed by atoms with E-state index in [-0.39, 0.29) is 5.92 Å². The van der Waals surface area contributed by atoms with Crippen molar-refractivity contribution < 1.29 is 10.0 Å². The molecular formula is C22H23ClN4O2. The molecule has 1 amide bonds. The summed E-state index contributed by atoms with van der Waals surface area (Å²) in [5, 5.41) is 22.1. The molecule has 3 aromatic rings. The number of nitrogens with zero attached hydrogens (tertiary/aromatic N) is 2. The number of hydrogen-bond acceptors (Lipinski definition) is 4. The van der Waals surface area contributed by atoms with Crippen LogP contribution in [0.2, 0.25) is 5.02 Å². The van der Waals surface area contributed by atoms with Gasteiger partial charge in [-0.2, -0.15) is 5.10 Å². The first kappa shape index (κ1) is 20.8. The van der Waals surface area contributed by atoms with Gasteiger partial charge in [0.2, 0.25) is 0 Å². The Labute approximate surface area is 174 Å². The number of hydroxylamine groups is 1. The molecule has 1 atom stereocenters. The van der Waals surface area contributed by atoms with Crippen LogP contribution in [0, 0.1) is 5.41 Å². The summed E-state index contributed by atoms with van der Waals surface area (Å²) in [6.45, 7) is 2.05. The lowest BCUT2D eigenvalue weighted by molar-refractivity contribution is -0.124. The lowest BCUT2D eigenvalue weighted by Crippen LogP contribution is -2.14. The van der Waals surface area contributed by atoms with E-state index in [2.05, 4.69) is 5.10 Å². The number of rotatable bonds is 8. The summed E-state index contributed by atoms with van der Waals surface area (Å²) in [4.78, 5) is 11.1. The predicted octanol–water partition coefficient (Wildman–Crippen LogP) is 4.65. The van der Waals surface area contributed by atoms with Gasteiger partial charge in [-0.3, -0.25) is 10.0 Å². The molecule has 3 N–H and O–H groups in total. The van der Waals surface area contributed by atoms with E-state index in [9.17, 15) is 4.79 Å². The average molecular weight is 411 g/mol. The van der Waals surface area contributed by atoms with E-state index >= 15 is 0 Å². The fourth-order valence-corrected chi connectivity index (χ4v) is 3.74. The zero-order chi connectivity index (χ0) is 20.8. The molecule has 3 rings (SSSR count). The topological polar surface area (TPSA) is 90.5 Å². The first-order valence-corrected chi connectivity index (χ1v) is 9.81. The average Bonchev–Trinajstić information content (AvgIpc) is 3.15. The van der Waals surface area contributed by atoms with E-state index in [0.29, 0.717) is 17.2 Å². The quantitative estimate of drug-likeness (QED) is 0.218. The maximum Gasteiger partial charge on any atom is 0.267 e. The van der Waals surface area contributed by atoms with E-state index in [1.54, 1.807) is 17.6 Å². The second-order valence-corrected chi connectivity index (χ2v) is 7.18. The van der Waals surface area contributed by atoms with Crippen LogP contribution in [-0.2, 0) is 11.2 Å². The normalized spacial score (nSPS) is 12.4. The monoisotopic (exact) mass is 410 g/mol. The molecule has 0 bridgehead atoms. The molecular weight excluding hydrogens is 388 g/mol. The van der Waals surface area contributed by atoms with Gasteiger partial charge in [0.1, 0.15) is 0 Å². The SMILES string of the molecule is CC[C@H](C(=N)CCc1cnn2ccccc12)c1ccc(/C=C/C(=O)NO)cc1Cl. The molecule has 0 radical (unpaired) electrons. The number of hydrogen-bond donors (Lipinski definition) is 3. The number of carbonyl (C=O) groups is 1. The van der Waals surface area contributed by atoms with E-state index in [1.807, 2.05) is 54.2 Å². The molecule has 0 aliphatic heterocycles. The number of benzene rings is 1. The summed E-state index contributed by atoms with van der Waals surface area (Å²) < 4.78 is 1.84. The summed E-state index contributed by atoms with van der Waals surface area (Å²) in [6, 6.07) is 11.5. The van der Waals surface area contributed by atoms with E-state index < -0.39 is 5.91 Å². The van der Waals surface area contributed by atoms with Crippen molar-refractivity contribution >= 4 is 34.8 Å². The Morgan fingerprint density at radius 3 is 2.93 bits per heavy atom. The second kappa shape index (κ2) is 9.49. The van der Waals surface area contributed by atoms with Crippen LogP contribution < -0.4 is 5.48 Å². The summed E-state index contributed by atoms with van der Waals surface area (Å²) >= 11 is 6.48. The van der Waals surface area contributed by atoms with Crippen molar-refractivity contribution in [3.63, 3.8) is 0 Å². The number of pyridine rings is 1. The maximum absolute atomic E-state index is 11.1. The van der Waals surface area contributed by atoms with Gasteiger partial charge in [-0.25, -0.2) is 10.00 Å². The minimum Gasteiger partial charge on any atom is -0.309 e. The molecule has 0 saturated heterocycles. The lowest BCUT2D eigenvalue weighted by Gasteiger charge is -2.18. The number of nitrogens with one attached hydrogen (secondary N) is 2. The van der Waals surface area contributed by atoms with Crippen molar-refractivity contribution in [2.75, 3.05) is 0 Å². The number of amides is 1. The first-order chi connectivity index (χ1) is 14.0. The smallest absolute Gasteiger partial charge is 0.267 e. The standard InChI is InChI=1S/C22H23ClN4O2/c1-2-17(18-9-6-15(13-19(18)23)7-11-22(28)26-29)20(24)10-8-16-14-25-27-12-4-3-5-21(16)27/h3-7,9,11-14,17,24,29H,2,8,10H2,1H3,(H,26,28)/b11-7+,24-20?/t17-/m0/s1. The minimum absolute atomic E-state index is 0.0666. The van der Waals surface area contributed by atoms with E-state index in [4.69, 9.17) is 22.2 Å². The Morgan fingerprint density at radius 1 is 1.38 bits per heavy atom. The number of halogens is 1. The van der Waals surface area contributed by atoms with Gasteiger partial charge in [0.05, 0.1) is 11.7 Å². The Balaban J connectivity index is 1.72. The van der Waals surface area contributed by atoms with Crippen LogP contribution in [0.1, 0.15) is 42.4 Å². The van der Waals surface area contributed by atoms with Gasteiger partial charge in [-0.15, -0.1) is 0 Å². The molecule has 0 unspecified atom stereocenters. The first-order valence-electron chi connectivity index (χ1n) is 9.43. The largest absolute Gasteiger partial charge is 0.309 e. The third kappa shape index (κ3) is 4.91. The lowest BCUT2D eigenvalue weighted by atomic mass is 9.88. The van der Waals surface area contributed by atoms with Crippen LogP contribution in [0.5, 0.6) is 0 Å². The number of aromatic nitrogens is 2. The van der Waals surface area contributed by atoms with Crippen molar-refractivity contribution in [3.8, 4) is 0 Å². The fourth-order valence-electron chi connectivity index (χ4n) is 3.42. The second-order valence-electron chi connectivity index (χ2n) is 6.78. The third-order valence-corrected chi connectivity index (χ3v) is 5.26. The Morgan fingerprint density at radius 2 is 2.21 bits per heavy atom. The highest BCUT2D eigenvalue weighted by Crippen LogP contribution is 2.30. The van der Waals surface area contributed by atoms with Gasteiger partial charge in [-0.1, -0.05) is 36.7 Å². The number of aryl methyl sites for hydroxylation is 1. The van der Waals surface area contributed by atoms with Crippen molar-refractivity contribution in [2.45, 2.75) is 32.1 Å². The van der Waals surface area contributed by atoms with Gasteiger partial charge >= 0.3 is 0 Å². The highest BCUT2D eigenvalue weighted by Gasteiger charge is 2.18. The van der Waals surface area contributed by atoms with E-state index in [0.717, 1.165) is 35.0 Å². The molecule has 0 fully saturated rings. The van der Waals surface area contributed by atoms with Gasteiger partial charge in [-0.05, 0) is 60.2 Å². The van der Waals surface area contributed by atoms with E-state index in [1.165, 1.54) is 6.08 Å². The fraction of sp³-hybridized carbons (Fsp3) is 0.227. The predicted molar refractivity (Wildman–Crippen MR) is 115 cm³/mol. The van der Waals surface area contributed by atoms with Crippen LogP contribution in [0.25, 0.3) is 11.6 Å². The third-order valence-electron chi connectivity index (χ3n) is 4.94. The molecule has 0 aliphatic rings. The van der Waals surface area contributed by atoms with Crippen LogP contribution in [0.4, 0.5) is 0 Å². The minimum atomic E-state index is -0.605. The summed E-state index contributed by atoms with van der Waals surface area (Å²) in [5.74, 6) is -0.672. The zero-order valence-corrected chi connectivity index (χ0v) is 16.9. The molecule has 0 aliphatic carbocycles. The molecule has 6 nitrogen and oxygen atoms in total. The molecule has 2 aromatic heterocycles. The van der Waals surface area contributed by atoms with Crippen LogP contribution in [-0.4, -0.2) is 26.4 Å². The Hall–Kier alpha value is -2.96. The molecule has 0 saturated carbocycles. The Bertz CT molecular complexity index is 1060. The number of carbonyl (C=O) groups excluding carboxylic acids is 1. The van der Waals surface area contributed by atoms with Gasteiger partial charge in [0, 0.05) is 28.9 Å². The maximum atomic E-state index is 11.1. The Kier molecular flexibility index (Phi) is 6.80. The van der Waals surface area contributed by atoms with Crippen LogP contribution >= 0.6 is 11.6 Å². The summed E-state index contributed by atoms with van der Waals surface area (Å²) in [5.41, 5.74) is 6.02. The molecule has 1 aromatic carbocycles. The van der Waals surface area contributed by atoms with Crippen molar-refractivity contribution in [2.24, 2.45) is 0 Å².